The molecule has 1 fully saturated rings. The largest absolute Gasteiger partial charge is 0.393 e. The van der Waals surface area contributed by atoms with E-state index in [9.17, 15) is 9.90 Å². The molecule has 1 amide bonds. The number of hydrogen-bond donors (Lipinski definition) is 3. The molecule has 16 heavy (non-hydrogen) atoms. The van der Waals surface area contributed by atoms with Crippen LogP contribution >= 0.6 is 0 Å². The van der Waals surface area contributed by atoms with Crippen molar-refractivity contribution in [3.63, 3.8) is 0 Å². The fraction of sp³-hybridized carbons (Fsp3) is 0.917. The lowest BCUT2D eigenvalue weighted by Gasteiger charge is -2.31. The predicted molar refractivity (Wildman–Crippen MR) is 63.8 cm³/mol. The highest BCUT2D eigenvalue weighted by Crippen LogP contribution is 2.20. The van der Waals surface area contributed by atoms with Crippen molar-refractivity contribution < 1.29 is 9.90 Å². The van der Waals surface area contributed by atoms with Gasteiger partial charge in [0.1, 0.15) is 0 Å². The molecule has 1 aliphatic carbocycles. The molecule has 4 nitrogen and oxygen atoms in total. The van der Waals surface area contributed by atoms with Crippen molar-refractivity contribution in [1.82, 2.24) is 5.32 Å². The predicted octanol–water partition coefficient (Wildman–Crippen LogP) is 0.779. The van der Waals surface area contributed by atoms with Gasteiger partial charge in [-0.05, 0) is 31.1 Å². The summed E-state index contributed by atoms with van der Waals surface area (Å²) in [6.45, 7) is 5.85. The Morgan fingerprint density at radius 3 is 2.56 bits per heavy atom. The lowest BCUT2D eigenvalue weighted by atomic mass is 9.86. The maximum Gasteiger partial charge on any atom is 0.237 e. The van der Waals surface area contributed by atoms with Crippen molar-refractivity contribution in [2.75, 3.05) is 0 Å². The first-order valence-corrected chi connectivity index (χ1v) is 6.04. The first kappa shape index (κ1) is 13.5. The summed E-state index contributed by atoms with van der Waals surface area (Å²) in [6, 6.07) is -0.406. The lowest BCUT2D eigenvalue weighted by molar-refractivity contribution is -0.125. The number of carbonyl (C=O) groups excluding carboxylic acids is 1. The molecule has 4 N–H and O–H groups in total. The van der Waals surface area contributed by atoms with Crippen LogP contribution in [0.25, 0.3) is 0 Å². The van der Waals surface area contributed by atoms with Gasteiger partial charge in [0.25, 0.3) is 0 Å². The summed E-state index contributed by atoms with van der Waals surface area (Å²) < 4.78 is 0. The van der Waals surface area contributed by atoms with Gasteiger partial charge in [0, 0.05) is 6.04 Å². The lowest BCUT2D eigenvalue weighted by Crippen LogP contribution is -2.52. The first-order chi connectivity index (χ1) is 7.30. The maximum absolute atomic E-state index is 11.8. The molecule has 0 heterocycles. The van der Waals surface area contributed by atoms with E-state index >= 15 is 0 Å². The van der Waals surface area contributed by atoms with Gasteiger partial charge in [-0.3, -0.25) is 4.79 Å². The molecular formula is C12H24N2O2. The van der Waals surface area contributed by atoms with E-state index in [4.69, 9.17) is 5.73 Å². The Kier molecular flexibility index (Phi) is 4.33. The number of nitrogens with two attached hydrogens (primary N) is 1. The van der Waals surface area contributed by atoms with E-state index in [-0.39, 0.29) is 23.5 Å². The first-order valence-electron chi connectivity index (χ1n) is 6.04. The minimum absolute atomic E-state index is 0.0876. The Morgan fingerprint density at radius 1 is 1.44 bits per heavy atom. The van der Waals surface area contributed by atoms with E-state index < -0.39 is 6.04 Å². The third-order valence-electron chi connectivity index (χ3n) is 3.21. The molecule has 0 aromatic carbocycles. The smallest absolute Gasteiger partial charge is 0.237 e. The van der Waals surface area contributed by atoms with E-state index in [0.717, 1.165) is 19.3 Å². The van der Waals surface area contributed by atoms with Crippen molar-refractivity contribution >= 4 is 5.91 Å². The Hall–Kier alpha value is -0.610. The van der Waals surface area contributed by atoms with Gasteiger partial charge in [-0.25, -0.2) is 0 Å². The van der Waals surface area contributed by atoms with Gasteiger partial charge in [0.15, 0.2) is 0 Å². The van der Waals surface area contributed by atoms with Crippen LogP contribution in [0.3, 0.4) is 0 Å². The SMILES string of the molecule is CC(C)(C)[C@H](N)C(=O)NC1CCCC(O)C1. The van der Waals surface area contributed by atoms with Crippen LogP contribution in [0.5, 0.6) is 0 Å². The Morgan fingerprint density at radius 2 is 2.06 bits per heavy atom. The van der Waals surface area contributed by atoms with Crippen LogP contribution in [0, 0.1) is 5.41 Å². The van der Waals surface area contributed by atoms with Crippen LogP contribution < -0.4 is 11.1 Å². The number of hydrogen-bond acceptors (Lipinski definition) is 3. The second kappa shape index (κ2) is 5.15. The number of rotatable bonds is 2. The summed E-state index contributed by atoms with van der Waals surface area (Å²) in [4.78, 5) is 11.8. The summed E-state index contributed by atoms with van der Waals surface area (Å²) in [6.07, 6.45) is 3.14. The summed E-state index contributed by atoms with van der Waals surface area (Å²) in [5.74, 6) is -0.105. The average molecular weight is 228 g/mol. The van der Waals surface area contributed by atoms with Gasteiger partial charge in [-0.15, -0.1) is 0 Å². The van der Waals surface area contributed by atoms with Gasteiger partial charge in [0.05, 0.1) is 12.1 Å². The molecule has 0 saturated heterocycles. The molecule has 0 aromatic rings. The van der Waals surface area contributed by atoms with Crippen molar-refractivity contribution in [1.29, 1.82) is 0 Å². The van der Waals surface area contributed by atoms with Crippen LogP contribution in [0.1, 0.15) is 46.5 Å². The number of amides is 1. The van der Waals surface area contributed by atoms with Crippen molar-refractivity contribution in [2.24, 2.45) is 11.1 Å². The topological polar surface area (TPSA) is 75.4 Å². The van der Waals surface area contributed by atoms with Crippen LogP contribution in [-0.4, -0.2) is 29.2 Å². The molecule has 2 unspecified atom stereocenters. The fourth-order valence-electron chi connectivity index (χ4n) is 1.98. The Balaban J connectivity index is 2.45. The highest BCUT2D eigenvalue weighted by molar-refractivity contribution is 5.82. The molecule has 1 rings (SSSR count). The third-order valence-corrected chi connectivity index (χ3v) is 3.21. The van der Waals surface area contributed by atoms with Gasteiger partial charge in [-0.1, -0.05) is 20.8 Å². The summed E-state index contributed by atoms with van der Waals surface area (Å²) in [5.41, 5.74) is 5.65. The van der Waals surface area contributed by atoms with Crippen molar-refractivity contribution in [3.05, 3.63) is 0 Å². The standard InChI is InChI=1S/C12H24N2O2/c1-12(2,3)10(13)11(16)14-8-5-4-6-9(15)7-8/h8-10,15H,4-7,13H2,1-3H3,(H,14,16)/t8?,9?,10-/m1/s1. The van der Waals surface area contributed by atoms with E-state index in [2.05, 4.69) is 5.32 Å². The fourth-order valence-corrected chi connectivity index (χ4v) is 1.98. The molecule has 3 atom stereocenters. The summed E-state index contributed by atoms with van der Waals surface area (Å²) in [7, 11) is 0. The monoisotopic (exact) mass is 228 g/mol. The van der Waals surface area contributed by atoms with Crippen LogP contribution in [0.2, 0.25) is 0 Å². The molecule has 0 aromatic heterocycles. The number of aliphatic hydroxyl groups excluding tert-OH is 1. The molecule has 1 saturated carbocycles. The summed E-state index contributed by atoms with van der Waals surface area (Å²) >= 11 is 0. The molecule has 1 aliphatic rings. The van der Waals surface area contributed by atoms with E-state index in [1.54, 1.807) is 0 Å². The number of nitrogens with one attached hydrogen (secondary N) is 1. The molecule has 94 valence electrons. The summed E-state index contributed by atoms with van der Waals surface area (Å²) in [5, 5.41) is 12.4. The molecule has 4 heteroatoms. The average Bonchev–Trinajstić information content (AvgIpc) is 2.15. The van der Waals surface area contributed by atoms with Crippen LogP contribution in [-0.2, 0) is 4.79 Å². The second-order valence-corrected chi connectivity index (χ2v) is 5.87. The van der Waals surface area contributed by atoms with Crippen LogP contribution in [0.15, 0.2) is 0 Å². The zero-order chi connectivity index (χ0) is 12.3. The highest BCUT2D eigenvalue weighted by Gasteiger charge is 2.30. The Bertz CT molecular complexity index is 248. The van der Waals surface area contributed by atoms with Gasteiger partial charge in [-0.2, -0.15) is 0 Å². The minimum Gasteiger partial charge on any atom is -0.393 e. The van der Waals surface area contributed by atoms with E-state index in [1.807, 2.05) is 20.8 Å². The van der Waals surface area contributed by atoms with Crippen molar-refractivity contribution in [3.8, 4) is 0 Å². The quantitative estimate of drug-likeness (QED) is 0.654. The molecule has 0 radical (unpaired) electrons. The van der Waals surface area contributed by atoms with Crippen molar-refractivity contribution in [2.45, 2.75) is 64.6 Å². The van der Waals surface area contributed by atoms with Gasteiger partial charge >= 0.3 is 0 Å². The maximum atomic E-state index is 11.8. The zero-order valence-electron chi connectivity index (χ0n) is 10.5. The normalized spacial score (nSPS) is 28.6. The van der Waals surface area contributed by atoms with Gasteiger partial charge < -0.3 is 16.2 Å². The zero-order valence-corrected chi connectivity index (χ0v) is 10.5. The Labute approximate surface area is 97.6 Å². The molecule has 0 bridgehead atoms. The molecule has 0 aliphatic heterocycles. The highest BCUT2D eigenvalue weighted by atomic mass is 16.3. The second-order valence-electron chi connectivity index (χ2n) is 5.87. The van der Waals surface area contributed by atoms with E-state index in [0.29, 0.717) is 6.42 Å². The third kappa shape index (κ3) is 3.76. The molecule has 0 spiro atoms. The van der Waals surface area contributed by atoms with Crippen LogP contribution in [0.4, 0.5) is 0 Å². The van der Waals surface area contributed by atoms with Gasteiger partial charge in [0.2, 0.25) is 5.91 Å². The minimum atomic E-state index is -0.494. The molecular weight excluding hydrogens is 204 g/mol. The number of aliphatic hydroxyl groups is 1. The number of carbonyl (C=O) groups is 1. The van der Waals surface area contributed by atoms with E-state index in [1.165, 1.54) is 0 Å².